The van der Waals surface area contributed by atoms with Crippen LogP contribution in [0.1, 0.15) is 26.8 Å². The maximum absolute atomic E-state index is 12.3. The molecule has 3 rings (SSSR count). The quantitative estimate of drug-likeness (QED) is 0.907. The second-order valence-corrected chi connectivity index (χ2v) is 7.40. The number of amides is 1. The Bertz CT molecular complexity index is 646. The summed E-state index contributed by atoms with van der Waals surface area (Å²) in [6, 6.07) is 12.7. The molecule has 0 unspecified atom stereocenters. The van der Waals surface area contributed by atoms with Crippen LogP contribution >= 0.6 is 11.3 Å². The van der Waals surface area contributed by atoms with Gasteiger partial charge < -0.3 is 10.2 Å². The molecule has 1 aliphatic heterocycles. The summed E-state index contributed by atoms with van der Waals surface area (Å²) in [6.07, 6.45) is 0. The maximum atomic E-state index is 12.3. The number of nitrogens with one attached hydrogen (secondary N) is 1. The third-order valence-corrected chi connectivity index (χ3v) is 5.51. The number of aryl methyl sites for hydroxylation is 1. The van der Waals surface area contributed by atoms with Crippen LogP contribution in [0.4, 0.5) is 0 Å². The number of benzene rings is 1. The van der Waals surface area contributed by atoms with Crippen molar-refractivity contribution in [3.05, 3.63) is 57.8 Å². The molecule has 4 nitrogen and oxygen atoms in total. The van der Waals surface area contributed by atoms with E-state index in [4.69, 9.17) is 0 Å². The van der Waals surface area contributed by atoms with Gasteiger partial charge in [0.15, 0.2) is 0 Å². The van der Waals surface area contributed by atoms with E-state index in [0.29, 0.717) is 6.54 Å². The van der Waals surface area contributed by atoms with Crippen molar-refractivity contribution in [2.45, 2.75) is 13.0 Å². The van der Waals surface area contributed by atoms with Gasteiger partial charge in [-0.15, -0.1) is 11.3 Å². The van der Waals surface area contributed by atoms with Crippen LogP contribution in [0.3, 0.4) is 0 Å². The molecule has 0 radical (unpaired) electrons. The van der Waals surface area contributed by atoms with Crippen molar-refractivity contribution >= 4 is 17.2 Å². The Morgan fingerprint density at radius 3 is 2.50 bits per heavy atom. The molecule has 1 N–H and O–H groups in total. The summed E-state index contributed by atoms with van der Waals surface area (Å²) in [6.45, 7) is 6.95. The highest BCUT2D eigenvalue weighted by atomic mass is 32.1. The molecule has 5 heteroatoms. The monoisotopic (exact) mass is 343 g/mol. The average Bonchev–Trinajstić information content (AvgIpc) is 3.12. The molecule has 2 aromatic rings. The highest BCUT2D eigenvalue weighted by Gasteiger charge is 2.24. The first-order chi connectivity index (χ1) is 11.6. The Labute approximate surface area is 148 Å². The molecule has 24 heavy (non-hydrogen) atoms. The maximum Gasteiger partial charge on any atom is 0.261 e. The van der Waals surface area contributed by atoms with Gasteiger partial charge in [-0.25, -0.2) is 0 Å². The van der Waals surface area contributed by atoms with E-state index >= 15 is 0 Å². The molecule has 1 fully saturated rings. The lowest BCUT2D eigenvalue weighted by atomic mass is 10.0. The van der Waals surface area contributed by atoms with E-state index in [1.807, 2.05) is 17.5 Å². The number of carbonyl (C=O) groups is 1. The van der Waals surface area contributed by atoms with Gasteiger partial charge in [-0.05, 0) is 31.0 Å². The fourth-order valence-electron chi connectivity index (χ4n) is 3.06. The Balaban J connectivity index is 1.71. The van der Waals surface area contributed by atoms with E-state index in [-0.39, 0.29) is 11.9 Å². The van der Waals surface area contributed by atoms with Crippen LogP contribution in [0, 0.1) is 6.92 Å². The largest absolute Gasteiger partial charge is 0.349 e. The van der Waals surface area contributed by atoms with E-state index < -0.39 is 0 Å². The van der Waals surface area contributed by atoms with Crippen molar-refractivity contribution < 1.29 is 4.79 Å². The van der Waals surface area contributed by atoms with E-state index in [1.54, 1.807) is 0 Å². The minimum atomic E-state index is 0.0243. The first-order valence-electron chi connectivity index (χ1n) is 8.44. The second-order valence-electron chi connectivity index (χ2n) is 6.45. The van der Waals surface area contributed by atoms with Crippen molar-refractivity contribution in [1.29, 1.82) is 0 Å². The minimum absolute atomic E-state index is 0.0243. The molecular weight excluding hydrogens is 318 g/mol. The SMILES string of the molecule is Cc1ccc([C@H](CNC(=O)c2cccs2)N2CCN(C)CC2)cc1. The number of hydrogen-bond acceptors (Lipinski definition) is 4. The first kappa shape index (κ1) is 17.1. The Morgan fingerprint density at radius 2 is 1.88 bits per heavy atom. The van der Waals surface area contributed by atoms with Crippen molar-refractivity contribution in [1.82, 2.24) is 15.1 Å². The van der Waals surface area contributed by atoms with Gasteiger partial charge in [-0.2, -0.15) is 0 Å². The van der Waals surface area contributed by atoms with Crippen molar-refractivity contribution in [2.75, 3.05) is 39.8 Å². The molecule has 128 valence electrons. The highest BCUT2D eigenvalue weighted by Crippen LogP contribution is 2.22. The van der Waals surface area contributed by atoms with Crippen molar-refractivity contribution in [3.63, 3.8) is 0 Å². The summed E-state index contributed by atoms with van der Waals surface area (Å²) in [5.74, 6) is 0.0243. The molecule has 0 bridgehead atoms. The standard InChI is InChI=1S/C19H25N3OS/c1-15-5-7-16(8-6-15)17(22-11-9-21(2)10-12-22)14-20-19(23)18-4-3-13-24-18/h3-8,13,17H,9-12,14H2,1-2H3,(H,20,23)/t17-/m0/s1. The summed E-state index contributed by atoms with van der Waals surface area (Å²) < 4.78 is 0. The van der Waals surface area contributed by atoms with Crippen LogP contribution in [0.2, 0.25) is 0 Å². The van der Waals surface area contributed by atoms with Crippen LogP contribution in [-0.4, -0.2) is 55.5 Å². The van der Waals surface area contributed by atoms with Gasteiger partial charge in [0.25, 0.3) is 5.91 Å². The number of piperazine rings is 1. The summed E-state index contributed by atoms with van der Waals surface area (Å²) in [5.41, 5.74) is 2.54. The molecule has 0 aliphatic carbocycles. The zero-order chi connectivity index (χ0) is 16.9. The zero-order valence-electron chi connectivity index (χ0n) is 14.4. The number of nitrogens with zero attached hydrogens (tertiary/aromatic N) is 2. The average molecular weight is 343 g/mol. The summed E-state index contributed by atoms with van der Waals surface area (Å²) >= 11 is 1.48. The highest BCUT2D eigenvalue weighted by molar-refractivity contribution is 7.12. The van der Waals surface area contributed by atoms with Gasteiger partial charge in [0, 0.05) is 32.7 Å². The van der Waals surface area contributed by atoms with Gasteiger partial charge in [0.2, 0.25) is 0 Å². The van der Waals surface area contributed by atoms with Crippen molar-refractivity contribution in [3.8, 4) is 0 Å². The fraction of sp³-hybridized carbons (Fsp3) is 0.421. The van der Waals surface area contributed by atoms with E-state index in [0.717, 1.165) is 31.1 Å². The second kappa shape index (κ2) is 7.92. The number of likely N-dealkylation sites (N-methyl/N-ethyl adjacent to an activating group) is 1. The lowest BCUT2D eigenvalue weighted by molar-refractivity contribution is 0.0889. The Morgan fingerprint density at radius 1 is 1.17 bits per heavy atom. The molecule has 1 aromatic carbocycles. The molecule has 1 saturated heterocycles. The number of carbonyl (C=O) groups excluding carboxylic acids is 1. The number of thiophene rings is 1. The van der Waals surface area contributed by atoms with E-state index in [2.05, 4.69) is 53.4 Å². The van der Waals surface area contributed by atoms with Crippen LogP contribution < -0.4 is 5.32 Å². The molecule has 1 amide bonds. The molecule has 1 atom stereocenters. The summed E-state index contributed by atoms with van der Waals surface area (Å²) in [5, 5.41) is 5.06. The lowest BCUT2D eigenvalue weighted by Gasteiger charge is -2.38. The molecule has 0 saturated carbocycles. The third-order valence-electron chi connectivity index (χ3n) is 4.64. The normalized spacial score (nSPS) is 17.6. The van der Waals surface area contributed by atoms with Gasteiger partial charge in [0.05, 0.1) is 10.9 Å². The minimum Gasteiger partial charge on any atom is -0.349 e. The van der Waals surface area contributed by atoms with Gasteiger partial charge in [-0.3, -0.25) is 9.69 Å². The van der Waals surface area contributed by atoms with Gasteiger partial charge in [0.1, 0.15) is 0 Å². The predicted octanol–water partition coefficient (Wildman–Crippen LogP) is 2.78. The van der Waals surface area contributed by atoms with Crippen LogP contribution in [-0.2, 0) is 0 Å². The summed E-state index contributed by atoms with van der Waals surface area (Å²) in [4.78, 5) is 17.9. The zero-order valence-corrected chi connectivity index (χ0v) is 15.2. The molecule has 1 aliphatic rings. The molecule has 0 spiro atoms. The van der Waals surface area contributed by atoms with Gasteiger partial charge in [-0.1, -0.05) is 35.9 Å². The van der Waals surface area contributed by atoms with Crippen molar-refractivity contribution in [2.24, 2.45) is 0 Å². The lowest BCUT2D eigenvalue weighted by Crippen LogP contribution is -2.48. The van der Waals surface area contributed by atoms with E-state index in [9.17, 15) is 4.79 Å². The molecule has 1 aromatic heterocycles. The molecular formula is C19H25N3OS. The third kappa shape index (κ3) is 4.23. The van der Waals surface area contributed by atoms with Crippen LogP contribution in [0.25, 0.3) is 0 Å². The molecule has 2 heterocycles. The number of rotatable bonds is 5. The fourth-order valence-corrected chi connectivity index (χ4v) is 3.70. The number of hydrogen-bond donors (Lipinski definition) is 1. The smallest absolute Gasteiger partial charge is 0.261 e. The predicted molar refractivity (Wildman–Crippen MR) is 99.6 cm³/mol. The van der Waals surface area contributed by atoms with Crippen LogP contribution in [0.15, 0.2) is 41.8 Å². The van der Waals surface area contributed by atoms with Gasteiger partial charge >= 0.3 is 0 Å². The summed E-state index contributed by atoms with van der Waals surface area (Å²) in [7, 11) is 2.16. The first-order valence-corrected chi connectivity index (χ1v) is 9.32. The Hall–Kier alpha value is -1.69. The van der Waals surface area contributed by atoms with E-state index in [1.165, 1.54) is 22.5 Å². The Kier molecular flexibility index (Phi) is 5.66. The van der Waals surface area contributed by atoms with Crippen LogP contribution in [0.5, 0.6) is 0 Å². The topological polar surface area (TPSA) is 35.6 Å².